The van der Waals surface area contributed by atoms with Crippen LogP contribution in [0.15, 0.2) is 29.4 Å². The molecule has 1 aromatic carbocycles. The molecule has 2 rings (SSSR count). The van der Waals surface area contributed by atoms with Gasteiger partial charge in [0.15, 0.2) is 5.11 Å². The lowest BCUT2D eigenvalue weighted by atomic mass is 10.1. The van der Waals surface area contributed by atoms with E-state index in [9.17, 15) is 0 Å². The topological polar surface area (TPSA) is 65.1 Å². The molecule has 0 saturated carbocycles. The van der Waals surface area contributed by atoms with Crippen LogP contribution >= 0.6 is 12.2 Å². The van der Waals surface area contributed by atoms with Gasteiger partial charge < -0.3 is 9.88 Å². The zero-order valence-corrected chi connectivity index (χ0v) is 14.5. The maximum Gasteiger partial charge on any atom is 0.191 e. The molecule has 0 radical (unpaired) electrons. The monoisotopic (exact) mass is 325 g/mol. The van der Waals surface area contributed by atoms with Crippen LogP contribution in [0, 0.1) is 32.1 Å². The van der Waals surface area contributed by atoms with Gasteiger partial charge in [-0.3, -0.25) is 5.43 Å². The van der Waals surface area contributed by atoms with Crippen molar-refractivity contribution in [3.05, 3.63) is 52.3 Å². The normalized spacial score (nSPS) is 10.6. The van der Waals surface area contributed by atoms with Crippen molar-refractivity contribution >= 4 is 29.2 Å². The van der Waals surface area contributed by atoms with E-state index in [4.69, 9.17) is 17.5 Å². The summed E-state index contributed by atoms with van der Waals surface area (Å²) in [6.07, 6.45) is 1.66. The SMILES string of the molecule is Cc1cccc(NC(=S)NN=Cc2cc(C#N)n(C)c2C)c1C. The Hall–Kier alpha value is -2.65. The lowest BCUT2D eigenvalue weighted by Gasteiger charge is -2.11. The number of aryl methyl sites for hydroxylation is 1. The Morgan fingerprint density at radius 2 is 2.09 bits per heavy atom. The highest BCUT2D eigenvalue weighted by molar-refractivity contribution is 7.80. The zero-order valence-electron chi connectivity index (χ0n) is 13.6. The lowest BCUT2D eigenvalue weighted by molar-refractivity contribution is 0.865. The van der Waals surface area contributed by atoms with Crippen molar-refractivity contribution in [1.82, 2.24) is 9.99 Å². The maximum absolute atomic E-state index is 9.02. The van der Waals surface area contributed by atoms with Crippen molar-refractivity contribution in [1.29, 1.82) is 5.26 Å². The van der Waals surface area contributed by atoms with Crippen molar-refractivity contribution in [3.63, 3.8) is 0 Å². The molecule has 2 N–H and O–H groups in total. The van der Waals surface area contributed by atoms with Crippen molar-refractivity contribution in [2.75, 3.05) is 5.32 Å². The van der Waals surface area contributed by atoms with Gasteiger partial charge in [-0.1, -0.05) is 12.1 Å². The van der Waals surface area contributed by atoms with E-state index < -0.39 is 0 Å². The molecule has 0 saturated heterocycles. The number of aromatic nitrogens is 1. The first-order valence-corrected chi connectivity index (χ1v) is 7.57. The Balaban J connectivity index is 2.02. The van der Waals surface area contributed by atoms with Crippen molar-refractivity contribution < 1.29 is 0 Å². The van der Waals surface area contributed by atoms with E-state index in [1.807, 2.05) is 37.6 Å². The fourth-order valence-corrected chi connectivity index (χ4v) is 2.32. The fourth-order valence-electron chi connectivity index (χ4n) is 2.16. The number of thiocarbonyl (C=S) groups is 1. The number of nitrogens with one attached hydrogen (secondary N) is 2. The average Bonchev–Trinajstić information content (AvgIpc) is 2.80. The van der Waals surface area contributed by atoms with Crippen LogP contribution in [0.5, 0.6) is 0 Å². The molecule has 5 nitrogen and oxygen atoms in total. The van der Waals surface area contributed by atoms with Crippen LogP contribution in [0.4, 0.5) is 5.69 Å². The van der Waals surface area contributed by atoms with Crippen molar-refractivity contribution in [2.24, 2.45) is 12.1 Å². The fraction of sp³-hybridized carbons (Fsp3) is 0.235. The highest BCUT2D eigenvalue weighted by Crippen LogP contribution is 2.17. The molecule has 0 aliphatic rings. The second kappa shape index (κ2) is 7.07. The van der Waals surface area contributed by atoms with Gasteiger partial charge in [0, 0.05) is 24.0 Å². The number of rotatable bonds is 3. The Labute approximate surface area is 141 Å². The molecule has 0 atom stereocenters. The minimum absolute atomic E-state index is 0.420. The molecule has 1 heterocycles. The predicted molar refractivity (Wildman–Crippen MR) is 97.7 cm³/mol. The third-order valence-corrected chi connectivity index (χ3v) is 4.10. The summed E-state index contributed by atoms with van der Waals surface area (Å²) >= 11 is 5.25. The van der Waals surface area contributed by atoms with Crippen molar-refractivity contribution in [2.45, 2.75) is 20.8 Å². The van der Waals surface area contributed by atoms with E-state index in [0.29, 0.717) is 10.8 Å². The first kappa shape index (κ1) is 16.7. The van der Waals surface area contributed by atoms with Crippen LogP contribution in [0.25, 0.3) is 0 Å². The molecule has 0 aliphatic carbocycles. The molecule has 23 heavy (non-hydrogen) atoms. The number of nitrogens with zero attached hydrogens (tertiary/aromatic N) is 3. The Morgan fingerprint density at radius 3 is 2.74 bits per heavy atom. The molecule has 0 bridgehead atoms. The first-order chi connectivity index (χ1) is 10.9. The van der Waals surface area contributed by atoms with Gasteiger partial charge in [0.1, 0.15) is 11.8 Å². The van der Waals surface area contributed by atoms with Gasteiger partial charge in [0.05, 0.1) is 6.21 Å². The number of nitriles is 1. The second-order valence-electron chi connectivity index (χ2n) is 5.31. The van der Waals surface area contributed by atoms with Crippen molar-refractivity contribution in [3.8, 4) is 6.07 Å². The molecule has 0 aliphatic heterocycles. The molecule has 1 aromatic heterocycles. The highest BCUT2D eigenvalue weighted by atomic mass is 32.1. The van der Waals surface area contributed by atoms with Gasteiger partial charge in [0.25, 0.3) is 0 Å². The largest absolute Gasteiger partial charge is 0.339 e. The number of anilines is 1. The van der Waals surface area contributed by atoms with E-state index in [2.05, 4.69) is 34.9 Å². The summed E-state index contributed by atoms with van der Waals surface area (Å²) in [5.41, 5.74) is 8.56. The zero-order chi connectivity index (χ0) is 17.0. The summed E-state index contributed by atoms with van der Waals surface area (Å²) in [5.74, 6) is 0. The molecular formula is C17H19N5S. The Kier molecular flexibility index (Phi) is 5.14. The predicted octanol–water partition coefficient (Wildman–Crippen LogP) is 3.14. The summed E-state index contributed by atoms with van der Waals surface area (Å²) in [6, 6.07) is 9.94. The minimum atomic E-state index is 0.420. The molecule has 6 heteroatoms. The summed E-state index contributed by atoms with van der Waals surface area (Å²) in [7, 11) is 1.85. The third kappa shape index (κ3) is 3.76. The van der Waals surface area contributed by atoms with Gasteiger partial charge in [0.2, 0.25) is 0 Å². The average molecular weight is 325 g/mol. The highest BCUT2D eigenvalue weighted by Gasteiger charge is 2.06. The number of hydrogen-bond acceptors (Lipinski definition) is 3. The van der Waals surface area contributed by atoms with Crippen LogP contribution in [0.1, 0.15) is 28.1 Å². The van der Waals surface area contributed by atoms with Gasteiger partial charge in [-0.05, 0) is 56.2 Å². The molecular weight excluding hydrogens is 306 g/mol. The molecule has 2 aromatic rings. The minimum Gasteiger partial charge on any atom is -0.339 e. The summed E-state index contributed by atoms with van der Waals surface area (Å²) in [5, 5.41) is 16.7. The van der Waals surface area contributed by atoms with Gasteiger partial charge in [-0.15, -0.1) is 0 Å². The lowest BCUT2D eigenvalue weighted by Crippen LogP contribution is -2.24. The van der Waals surface area contributed by atoms with E-state index in [-0.39, 0.29) is 0 Å². The third-order valence-electron chi connectivity index (χ3n) is 3.91. The van der Waals surface area contributed by atoms with Gasteiger partial charge in [-0.25, -0.2) is 0 Å². The van der Waals surface area contributed by atoms with Gasteiger partial charge in [-0.2, -0.15) is 10.4 Å². The molecule has 0 spiro atoms. The van der Waals surface area contributed by atoms with E-state index in [0.717, 1.165) is 22.5 Å². The van der Waals surface area contributed by atoms with E-state index >= 15 is 0 Å². The molecule has 118 valence electrons. The smallest absolute Gasteiger partial charge is 0.191 e. The first-order valence-electron chi connectivity index (χ1n) is 7.16. The number of hydrogen-bond donors (Lipinski definition) is 2. The standard InChI is InChI=1S/C17H19N5S/c1-11-6-5-7-16(12(11)2)20-17(23)21-19-10-14-8-15(9-18)22(4)13(14)3/h5-8,10H,1-4H3,(H2,20,21,23). The van der Waals surface area contributed by atoms with E-state index in [1.165, 1.54) is 5.56 Å². The number of benzene rings is 1. The molecule has 0 fully saturated rings. The molecule has 0 amide bonds. The van der Waals surface area contributed by atoms with Crippen LogP contribution in [0.3, 0.4) is 0 Å². The summed E-state index contributed by atoms with van der Waals surface area (Å²) in [4.78, 5) is 0. The second-order valence-corrected chi connectivity index (χ2v) is 5.72. The summed E-state index contributed by atoms with van der Waals surface area (Å²) < 4.78 is 1.83. The summed E-state index contributed by atoms with van der Waals surface area (Å²) in [6.45, 7) is 6.04. The van der Waals surface area contributed by atoms with Crippen LogP contribution in [0.2, 0.25) is 0 Å². The van der Waals surface area contributed by atoms with Gasteiger partial charge >= 0.3 is 0 Å². The quantitative estimate of drug-likeness (QED) is 0.517. The van der Waals surface area contributed by atoms with E-state index in [1.54, 1.807) is 12.3 Å². The van der Waals surface area contributed by atoms with Crippen LogP contribution < -0.4 is 10.7 Å². The Morgan fingerprint density at radius 1 is 1.35 bits per heavy atom. The van der Waals surface area contributed by atoms with Crippen LogP contribution in [-0.4, -0.2) is 15.9 Å². The maximum atomic E-state index is 9.02. The number of hydrazone groups is 1. The van der Waals surface area contributed by atoms with Crippen LogP contribution in [-0.2, 0) is 7.05 Å². The molecule has 0 unspecified atom stereocenters. The Bertz CT molecular complexity index is 811.